The maximum Gasteiger partial charge on any atom is 0.257 e. The zero-order valence-corrected chi connectivity index (χ0v) is 14.3. The second kappa shape index (κ2) is 7.59. The van der Waals surface area contributed by atoms with Gasteiger partial charge in [-0.2, -0.15) is 0 Å². The van der Waals surface area contributed by atoms with Gasteiger partial charge in [-0.25, -0.2) is 9.97 Å². The van der Waals surface area contributed by atoms with E-state index in [0.717, 1.165) is 19.0 Å². The van der Waals surface area contributed by atoms with Gasteiger partial charge in [0, 0.05) is 58.6 Å². The van der Waals surface area contributed by atoms with Gasteiger partial charge in [-0.15, -0.1) is 0 Å². The van der Waals surface area contributed by atoms with E-state index in [2.05, 4.69) is 14.9 Å². The molecule has 7 heteroatoms. The first kappa shape index (κ1) is 16.7. The first-order chi connectivity index (χ1) is 11.6. The Kier molecular flexibility index (Phi) is 5.27. The van der Waals surface area contributed by atoms with Crippen molar-refractivity contribution >= 4 is 17.8 Å². The molecule has 130 valence electrons. The zero-order chi connectivity index (χ0) is 16.9. The molecule has 2 saturated heterocycles. The minimum absolute atomic E-state index is 0.0550. The Hall–Kier alpha value is -2.18. The summed E-state index contributed by atoms with van der Waals surface area (Å²) in [6.07, 6.45) is 8.13. The van der Waals surface area contributed by atoms with E-state index in [1.54, 1.807) is 29.1 Å². The quantitative estimate of drug-likeness (QED) is 0.813. The van der Waals surface area contributed by atoms with Crippen molar-refractivity contribution in [1.29, 1.82) is 0 Å². The van der Waals surface area contributed by atoms with Crippen LogP contribution in [0.4, 0.5) is 5.95 Å². The van der Waals surface area contributed by atoms with Crippen LogP contribution >= 0.6 is 0 Å². The monoisotopic (exact) mass is 331 g/mol. The molecule has 0 spiro atoms. The highest BCUT2D eigenvalue weighted by atomic mass is 16.2. The second-order valence-electron chi connectivity index (χ2n) is 6.47. The number of carbonyl (C=O) groups excluding carboxylic acids is 2. The van der Waals surface area contributed by atoms with E-state index in [1.807, 2.05) is 0 Å². The number of hydrogen-bond donors (Lipinski definition) is 0. The highest BCUT2D eigenvalue weighted by Crippen LogP contribution is 2.16. The third-order valence-electron chi connectivity index (χ3n) is 4.79. The van der Waals surface area contributed by atoms with Crippen molar-refractivity contribution in [2.75, 3.05) is 44.2 Å². The summed E-state index contributed by atoms with van der Waals surface area (Å²) in [4.78, 5) is 38.5. The smallest absolute Gasteiger partial charge is 0.257 e. The molecule has 0 saturated carbocycles. The Labute approximate surface area is 142 Å². The maximum atomic E-state index is 12.5. The highest BCUT2D eigenvalue weighted by Gasteiger charge is 2.24. The van der Waals surface area contributed by atoms with Crippen LogP contribution in [0.5, 0.6) is 0 Å². The predicted octanol–water partition coefficient (Wildman–Crippen LogP) is 1.16. The molecule has 3 rings (SSSR count). The minimum Gasteiger partial charge on any atom is -0.341 e. The van der Waals surface area contributed by atoms with E-state index in [0.29, 0.717) is 31.7 Å². The van der Waals surface area contributed by atoms with Crippen molar-refractivity contribution in [1.82, 2.24) is 19.8 Å². The number of carbonyl (C=O) groups is 2. The topological polar surface area (TPSA) is 69.6 Å². The number of hydrogen-bond acceptors (Lipinski definition) is 5. The summed E-state index contributed by atoms with van der Waals surface area (Å²) >= 11 is 0. The average Bonchev–Trinajstić information content (AvgIpc) is 2.91. The van der Waals surface area contributed by atoms with Crippen molar-refractivity contribution in [2.45, 2.75) is 32.6 Å². The normalized spacial score (nSPS) is 19.1. The lowest BCUT2D eigenvalue weighted by Gasteiger charge is -2.34. The van der Waals surface area contributed by atoms with E-state index >= 15 is 0 Å². The average molecular weight is 331 g/mol. The van der Waals surface area contributed by atoms with Crippen LogP contribution in [0.2, 0.25) is 0 Å². The lowest BCUT2D eigenvalue weighted by molar-refractivity contribution is -0.130. The van der Waals surface area contributed by atoms with E-state index < -0.39 is 0 Å². The minimum atomic E-state index is -0.0550. The lowest BCUT2D eigenvalue weighted by atomic mass is 10.2. The maximum absolute atomic E-state index is 12.5. The van der Waals surface area contributed by atoms with E-state index in [1.165, 1.54) is 25.7 Å². The molecule has 0 aliphatic carbocycles. The molecule has 2 aliphatic rings. The first-order valence-corrected chi connectivity index (χ1v) is 8.77. The van der Waals surface area contributed by atoms with Gasteiger partial charge < -0.3 is 14.7 Å². The number of rotatable bonds is 2. The van der Waals surface area contributed by atoms with Gasteiger partial charge in [0.2, 0.25) is 11.9 Å². The van der Waals surface area contributed by atoms with Gasteiger partial charge in [0.25, 0.3) is 5.91 Å². The molecule has 2 fully saturated rings. The van der Waals surface area contributed by atoms with Crippen LogP contribution in [-0.4, -0.2) is 70.9 Å². The van der Waals surface area contributed by atoms with Gasteiger partial charge in [-0.05, 0) is 12.8 Å². The number of piperazine rings is 1. The standard InChI is InChI=1S/C17H25N5O2/c1-14(23)20-8-10-21(11-9-20)16(24)15-12-18-17(19-13-15)22-6-4-2-3-5-7-22/h12-13H,2-11H2,1H3. The van der Waals surface area contributed by atoms with Crippen LogP contribution in [0.1, 0.15) is 43.0 Å². The molecule has 0 aromatic carbocycles. The van der Waals surface area contributed by atoms with Crippen molar-refractivity contribution in [2.24, 2.45) is 0 Å². The van der Waals surface area contributed by atoms with Crippen LogP contribution in [0.15, 0.2) is 12.4 Å². The largest absolute Gasteiger partial charge is 0.341 e. The molecule has 3 heterocycles. The molecular formula is C17H25N5O2. The van der Waals surface area contributed by atoms with Gasteiger partial charge >= 0.3 is 0 Å². The zero-order valence-electron chi connectivity index (χ0n) is 14.3. The molecular weight excluding hydrogens is 306 g/mol. The number of aromatic nitrogens is 2. The summed E-state index contributed by atoms with van der Waals surface area (Å²) in [5.41, 5.74) is 0.518. The molecule has 0 radical (unpaired) electrons. The molecule has 1 aromatic heterocycles. The Bertz CT molecular complexity index is 573. The summed E-state index contributed by atoms with van der Waals surface area (Å²) in [6.45, 7) is 5.84. The fraction of sp³-hybridized carbons (Fsp3) is 0.647. The van der Waals surface area contributed by atoms with E-state index in [9.17, 15) is 9.59 Å². The Morgan fingerprint density at radius 1 is 0.833 bits per heavy atom. The fourth-order valence-electron chi connectivity index (χ4n) is 3.27. The summed E-state index contributed by atoms with van der Waals surface area (Å²) in [7, 11) is 0. The van der Waals surface area contributed by atoms with Crippen molar-refractivity contribution in [3.8, 4) is 0 Å². The highest BCUT2D eigenvalue weighted by molar-refractivity contribution is 5.93. The summed E-state index contributed by atoms with van der Waals surface area (Å²) in [6, 6.07) is 0. The Morgan fingerprint density at radius 2 is 1.38 bits per heavy atom. The van der Waals surface area contributed by atoms with Crippen LogP contribution < -0.4 is 4.90 Å². The van der Waals surface area contributed by atoms with Crippen LogP contribution in [0.25, 0.3) is 0 Å². The summed E-state index contributed by atoms with van der Waals surface area (Å²) in [5.74, 6) is 0.725. The Balaban J connectivity index is 1.61. The first-order valence-electron chi connectivity index (χ1n) is 8.77. The van der Waals surface area contributed by atoms with Gasteiger partial charge in [0.05, 0.1) is 5.56 Å². The van der Waals surface area contributed by atoms with Crippen molar-refractivity contribution in [3.63, 3.8) is 0 Å². The molecule has 0 unspecified atom stereocenters. The van der Waals surface area contributed by atoms with Gasteiger partial charge in [0.1, 0.15) is 0 Å². The number of nitrogens with zero attached hydrogens (tertiary/aromatic N) is 5. The van der Waals surface area contributed by atoms with Crippen LogP contribution in [0.3, 0.4) is 0 Å². The third kappa shape index (κ3) is 3.83. The van der Waals surface area contributed by atoms with Gasteiger partial charge in [-0.1, -0.05) is 12.8 Å². The summed E-state index contributed by atoms with van der Waals surface area (Å²) in [5, 5.41) is 0. The molecule has 0 N–H and O–H groups in total. The Morgan fingerprint density at radius 3 is 1.92 bits per heavy atom. The molecule has 1 aromatic rings. The summed E-state index contributed by atoms with van der Waals surface area (Å²) < 4.78 is 0. The molecule has 0 bridgehead atoms. The van der Waals surface area contributed by atoms with Crippen LogP contribution in [-0.2, 0) is 4.79 Å². The molecule has 7 nitrogen and oxygen atoms in total. The fourth-order valence-corrected chi connectivity index (χ4v) is 3.27. The number of anilines is 1. The number of amides is 2. The molecule has 0 atom stereocenters. The molecule has 24 heavy (non-hydrogen) atoms. The molecule has 2 amide bonds. The lowest BCUT2D eigenvalue weighted by Crippen LogP contribution is -2.50. The van der Waals surface area contributed by atoms with E-state index in [4.69, 9.17) is 0 Å². The second-order valence-corrected chi connectivity index (χ2v) is 6.47. The SMILES string of the molecule is CC(=O)N1CCN(C(=O)c2cnc(N3CCCCCC3)nc2)CC1. The van der Waals surface area contributed by atoms with Crippen molar-refractivity contribution in [3.05, 3.63) is 18.0 Å². The molecule has 2 aliphatic heterocycles. The van der Waals surface area contributed by atoms with Gasteiger partial charge in [-0.3, -0.25) is 9.59 Å². The third-order valence-corrected chi connectivity index (χ3v) is 4.79. The van der Waals surface area contributed by atoms with E-state index in [-0.39, 0.29) is 11.8 Å². The van der Waals surface area contributed by atoms with Crippen LogP contribution in [0, 0.1) is 0 Å². The van der Waals surface area contributed by atoms with Crippen molar-refractivity contribution < 1.29 is 9.59 Å². The predicted molar refractivity (Wildman–Crippen MR) is 90.9 cm³/mol. The van der Waals surface area contributed by atoms with Gasteiger partial charge in [0.15, 0.2) is 0 Å².